The molecule has 2 rings (SSSR count). The first-order valence-corrected chi connectivity index (χ1v) is 5.99. The molecule has 1 heterocycles. The summed E-state index contributed by atoms with van der Waals surface area (Å²) in [6.07, 6.45) is 1.80. The first-order valence-electron chi connectivity index (χ1n) is 4.82. The summed E-state index contributed by atoms with van der Waals surface area (Å²) in [5.74, 6) is -0.493. The quantitative estimate of drug-likeness (QED) is 0.916. The van der Waals surface area contributed by atoms with E-state index in [1.807, 2.05) is 0 Å². The van der Waals surface area contributed by atoms with Gasteiger partial charge in [-0.05, 0) is 28.1 Å². The molecule has 1 N–H and O–H groups in total. The number of aliphatic hydroxyl groups excluding tert-OH is 1. The van der Waals surface area contributed by atoms with E-state index in [0.29, 0.717) is 15.1 Å². The summed E-state index contributed by atoms with van der Waals surface area (Å²) in [4.78, 5) is 3.81. The predicted octanol–water partition coefficient (Wildman–Crippen LogP) is 3.72. The van der Waals surface area contributed by atoms with Gasteiger partial charge in [0.1, 0.15) is 11.9 Å². The highest BCUT2D eigenvalue weighted by molar-refractivity contribution is 9.10. The molecule has 0 amide bonds. The average Bonchev–Trinajstić information content (AvgIpc) is 2.32. The second-order valence-electron chi connectivity index (χ2n) is 3.44. The second kappa shape index (κ2) is 5.12. The van der Waals surface area contributed by atoms with Gasteiger partial charge in [0.2, 0.25) is 0 Å². The fraction of sp³-hybridized carbons (Fsp3) is 0.0833. The van der Waals surface area contributed by atoms with Gasteiger partial charge in [-0.2, -0.15) is 0 Å². The average molecular weight is 317 g/mol. The van der Waals surface area contributed by atoms with Crippen molar-refractivity contribution in [2.24, 2.45) is 0 Å². The maximum absolute atomic E-state index is 13.8. The Morgan fingerprint density at radius 1 is 1.29 bits per heavy atom. The first kappa shape index (κ1) is 12.5. The SMILES string of the molecule is OC(c1ccncc1Cl)c1cccc(Br)c1F. The van der Waals surface area contributed by atoms with Crippen LogP contribution in [0.15, 0.2) is 41.1 Å². The molecule has 0 radical (unpaired) electrons. The zero-order valence-corrected chi connectivity index (χ0v) is 10.9. The van der Waals surface area contributed by atoms with Crippen LogP contribution in [0.4, 0.5) is 4.39 Å². The van der Waals surface area contributed by atoms with E-state index in [9.17, 15) is 9.50 Å². The van der Waals surface area contributed by atoms with Gasteiger partial charge in [-0.15, -0.1) is 0 Å². The van der Waals surface area contributed by atoms with Crippen molar-refractivity contribution in [2.75, 3.05) is 0 Å². The zero-order valence-electron chi connectivity index (χ0n) is 8.57. The van der Waals surface area contributed by atoms with E-state index in [2.05, 4.69) is 20.9 Å². The first-order chi connectivity index (χ1) is 8.11. The van der Waals surface area contributed by atoms with E-state index in [0.717, 1.165) is 0 Å². The third-order valence-corrected chi connectivity index (χ3v) is 3.30. The second-order valence-corrected chi connectivity index (χ2v) is 4.70. The molecule has 0 saturated carbocycles. The molecule has 2 nitrogen and oxygen atoms in total. The Morgan fingerprint density at radius 2 is 2.06 bits per heavy atom. The van der Waals surface area contributed by atoms with Crippen LogP contribution in [0.2, 0.25) is 5.02 Å². The number of aromatic nitrogens is 1. The zero-order chi connectivity index (χ0) is 12.4. The van der Waals surface area contributed by atoms with Gasteiger partial charge in [0, 0.05) is 23.5 Å². The van der Waals surface area contributed by atoms with Gasteiger partial charge in [0.25, 0.3) is 0 Å². The van der Waals surface area contributed by atoms with Crippen LogP contribution >= 0.6 is 27.5 Å². The molecule has 88 valence electrons. The molecule has 0 saturated heterocycles. The van der Waals surface area contributed by atoms with E-state index in [4.69, 9.17) is 11.6 Å². The number of benzene rings is 1. The summed E-state index contributed by atoms with van der Waals surface area (Å²) >= 11 is 8.98. The van der Waals surface area contributed by atoms with Crippen LogP contribution in [0.5, 0.6) is 0 Å². The minimum absolute atomic E-state index is 0.174. The summed E-state index contributed by atoms with van der Waals surface area (Å²) in [5, 5.41) is 10.4. The summed E-state index contributed by atoms with van der Waals surface area (Å²) in [5.41, 5.74) is 0.603. The molecule has 17 heavy (non-hydrogen) atoms. The van der Waals surface area contributed by atoms with Gasteiger partial charge < -0.3 is 5.11 Å². The molecule has 0 fully saturated rings. The van der Waals surface area contributed by atoms with Crippen molar-refractivity contribution >= 4 is 27.5 Å². The van der Waals surface area contributed by atoms with E-state index >= 15 is 0 Å². The molecule has 0 aliphatic rings. The molecule has 0 aliphatic carbocycles. The van der Waals surface area contributed by atoms with E-state index in [1.165, 1.54) is 18.5 Å². The summed E-state index contributed by atoms with van der Waals surface area (Å²) < 4.78 is 14.1. The Morgan fingerprint density at radius 3 is 2.76 bits per heavy atom. The fourth-order valence-electron chi connectivity index (χ4n) is 1.51. The molecule has 2 aromatic rings. The van der Waals surface area contributed by atoms with Crippen LogP contribution in [0, 0.1) is 5.82 Å². The molecule has 0 aliphatic heterocycles. The van der Waals surface area contributed by atoms with Crippen molar-refractivity contribution in [3.63, 3.8) is 0 Å². The van der Waals surface area contributed by atoms with Crippen molar-refractivity contribution in [3.8, 4) is 0 Å². The largest absolute Gasteiger partial charge is 0.383 e. The minimum atomic E-state index is -1.11. The topological polar surface area (TPSA) is 33.1 Å². The Kier molecular flexibility index (Phi) is 3.76. The van der Waals surface area contributed by atoms with Crippen LogP contribution in [-0.4, -0.2) is 10.1 Å². The number of hydrogen-bond acceptors (Lipinski definition) is 2. The molecule has 1 aromatic heterocycles. The Bertz CT molecular complexity index is 550. The van der Waals surface area contributed by atoms with Gasteiger partial charge in [-0.3, -0.25) is 4.98 Å². The summed E-state index contributed by atoms with van der Waals surface area (Å²) in [7, 11) is 0. The third-order valence-electron chi connectivity index (χ3n) is 2.37. The number of halogens is 3. The lowest BCUT2D eigenvalue weighted by Gasteiger charge is -2.14. The molecule has 1 atom stereocenters. The molecule has 1 unspecified atom stereocenters. The van der Waals surface area contributed by atoms with Gasteiger partial charge in [0.05, 0.1) is 9.50 Å². The van der Waals surface area contributed by atoms with Crippen LogP contribution in [0.3, 0.4) is 0 Å². The molecule has 0 bridgehead atoms. The number of pyridine rings is 1. The molecule has 0 spiro atoms. The lowest BCUT2D eigenvalue weighted by Crippen LogP contribution is -2.04. The molecular formula is C12H8BrClFNO. The minimum Gasteiger partial charge on any atom is -0.383 e. The maximum atomic E-state index is 13.8. The highest BCUT2D eigenvalue weighted by Gasteiger charge is 2.18. The Hall–Kier alpha value is -0.970. The highest BCUT2D eigenvalue weighted by Crippen LogP contribution is 2.31. The van der Waals surface area contributed by atoms with Crippen LogP contribution in [-0.2, 0) is 0 Å². The molecule has 5 heteroatoms. The number of rotatable bonds is 2. The van der Waals surface area contributed by atoms with Gasteiger partial charge in [-0.25, -0.2) is 4.39 Å². The monoisotopic (exact) mass is 315 g/mol. The summed E-state index contributed by atoms with van der Waals surface area (Å²) in [6.45, 7) is 0. The molecular weight excluding hydrogens is 308 g/mol. The van der Waals surface area contributed by atoms with Crippen molar-refractivity contribution < 1.29 is 9.50 Å². The standard InChI is InChI=1S/C12H8BrClFNO/c13-9-3-1-2-8(11(9)15)12(17)7-4-5-16-6-10(7)14/h1-6,12,17H. The van der Waals surface area contributed by atoms with Gasteiger partial charge in [-0.1, -0.05) is 23.7 Å². The van der Waals surface area contributed by atoms with Crippen LogP contribution < -0.4 is 0 Å². The smallest absolute Gasteiger partial charge is 0.143 e. The fourth-order valence-corrected chi connectivity index (χ4v) is 2.11. The Labute approximate surface area is 111 Å². The lowest BCUT2D eigenvalue weighted by molar-refractivity contribution is 0.214. The van der Waals surface area contributed by atoms with Crippen LogP contribution in [0.25, 0.3) is 0 Å². The van der Waals surface area contributed by atoms with E-state index in [1.54, 1.807) is 18.2 Å². The van der Waals surface area contributed by atoms with Crippen LogP contribution in [0.1, 0.15) is 17.2 Å². The van der Waals surface area contributed by atoms with Crippen molar-refractivity contribution in [3.05, 3.63) is 63.1 Å². The lowest BCUT2D eigenvalue weighted by atomic mass is 10.0. The number of hydrogen-bond donors (Lipinski definition) is 1. The normalized spacial score (nSPS) is 12.5. The highest BCUT2D eigenvalue weighted by atomic mass is 79.9. The number of nitrogens with zero attached hydrogens (tertiary/aromatic N) is 1. The van der Waals surface area contributed by atoms with Gasteiger partial charge in [0.15, 0.2) is 0 Å². The Balaban J connectivity index is 2.48. The van der Waals surface area contributed by atoms with E-state index < -0.39 is 11.9 Å². The van der Waals surface area contributed by atoms with E-state index in [-0.39, 0.29) is 5.56 Å². The predicted molar refractivity (Wildman–Crippen MR) is 67.4 cm³/mol. The van der Waals surface area contributed by atoms with Crippen molar-refractivity contribution in [1.29, 1.82) is 0 Å². The van der Waals surface area contributed by atoms with Crippen molar-refractivity contribution in [2.45, 2.75) is 6.10 Å². The van der Waals surface area contributed by atoms with Crippen molar-refractivity contribution in [1.82, 2.24) is 4.98 Å². The maximum Gasteiger partial charge on any atom is 0.143 e. The number of aliphatic hydroxyl groups is 1. The summed E-state index contributed by atoms with van der Waals surface area (Å²) in [6, 6.07) is 6.30. The van der Waals surface area contributed by atoms with Gasteiger partial charge >= 0.3 is 0 Å². The molecule has 1 aromatic carbocycles. The third kappa shape index (κ3) is 2.49.